The smallest absolute Gasteiger partial charge is 0.139 e. The van der Waals surface area contributed by atoms with E-state index in [4.69, 9.17) is 9.26 Å². The molecule has 0 aliphatic carbocycles. The van der Waals surface area contributed by atoms with Crippen molar-refractivity contribution in [2.45, 2.75) is 46.4 Å². The van der Waals surface area contributed by atoms with Crippen LogP contribution in [0.2, 0.25) is 0 Å². The van der Waals surface area contributed by atoms with Gasteiger partial charge in [-0.05, 0) is 50.5 Å². The number of hydrogen-bond acceptors (Lipinski definition) is 4. The van der Waals surface area contributed by atoms with Crippen LogP contribution in [0.15, 0.2) is 22.7 Å². The fraction of sp³-hybridized carbons (Fsp3) is 0.500. The molecule has 1 fully saturated rings. The van der Waals surface area contributed by atoms with Crippen LogP contribution >= 0.6 is 0 Å². The standard InChI is InChI=1S/C18H23FN2O2/c1-12-4-5-16(19)8-15(12)9-21-7-6-17(10-21)22-11-18-13(2)20-23-14(18)3/h4-5,8,17H,6-7,9-11H2,1-3H3/t17-/m0/s1. The molecule has 0 saturated carbocycles. The number of hydrogen-bond donors (Lipinski definition) is 0. The van der Waals surface area contributed by atoms with Crippen molar-refractivity contribution in [3.63, 3.8) is 0 Å². The van der Waals surface area contributed by atoms with Crippen molar-refractivity contribution in [2.75, 3.05) is 13.1 Å². The summed E-state index contributed by atoms with van der Waals surface area (Å²) in [5, 5.41) is 3.95. The third-order valence-corrected chi connectivity index (χ3v) is 4.58. The molecular formula is C18H23FN2O2. The van der Waals surface area contributed by atoms with Crippen LogP contribution in [0.25, 0.3) is 0 Å². The van der Waals surface area contributed by atoms with E-state index < -0.39 is 0 Å². The van der Waals surface area contributed by atoms with Crippen LogP contribution in [0.3, 0.4) is 0 Å². The van der Waals surface area contributed by atoms with Gasteiger partial charge in [0.05, 0.1) is 18.4 Å². The number of ether oxygens (including phenoxy) is 1. The first-order chi connectivity index (χ1) is 11.0. The lowest BCUT2D eigenvalue weighted by molar-refractivity contribution is 0.0453. The summed E-state index contributed by atoms with van der Waals surface area (Å²) in [7, 11) is 0. The fourth-order valence-corrected chi connectivity index (χ4v) is 3.04. The van der Waals surface area contributed by atoms with Crippen molar-refractivity contribution in [3.8, 4) is 0 Å². The summed E-state index contributed by atoms with van der Waals surface area (Å²) in [6, 6.07) is 4.98. The number of halogens is 1. The molecular weight excluding hydrogens is 295 g/mol. The van der Waals surface area contributed by atoms with Crippen LogP contribution in [0.5, 0.6) is 0 Å². The molecule has 3 rings (SSSR count). The van der Waals surface area contributed by atoms with Crippen LogP contribution in [0.4, 0.5) is 4.39 Å². The van der Waals surface area contributed by atoms with Gasteiger partial charge in [0, 0.05) is 25.2 Å². The Kier molecular flexibility index (Phi) is 4.78. The maximum atomic E-state index is 13.4. The molecule has 4 nitrogen and oxygen atoms in total. The normalized spacial score (nSPS) is 18.7. The second-order valence-corrected chi connectivity index (χ2v) is 6.33. The van der Waals surface area contributed by atoms with Crippen molar-refractivity contribution in [1.82, 2.24) is 10.1 Å². The minimum atomic E-state index is -0.170. The lowest BCUT2D eigenvalue weighted by atomic mass is 10.1. The summed E-state index contributed by atoms with van der Waals surface area (Å²) >= 11 is 0. The number of benzene rings is 1. The highest BCUT2D eigenvalue weighted by atomic mass is 19.1. The molecule has 0 bridgehead atoms. The third kappa shape index (κ3) is 3.79. The molecule has 23 heavy (non-hydrogen) atoms. The molecule has 0 amide bonds. The van der Waals surface area contributed by atoms with E-state index in [9.17, 15) is 4.39 Å². The Morgan fingerprint density at radius 1 is 1.35 bits per heavy atom. The summed E-state index contributed by atoms with van der Waals surface area (Å²) in [6.07, 6.45) is 1.20. The molecule has 1 saturated heterocycles. The Morgan fingerprint density at radius 3 is 2.91 bits per heavy atom. The number of aryl methyl sites for hydroxylation is 3. The molecule has 1 aromatic heterocycles. The van der Waals surface area contributed by atoms with Gasteiger partial charge < -0.3 is 9.26 Å². The topological polar surface area (TPSA) is 38.5 Å². The summed E-state index contributed by atoms with van der Waals surface area (Å²) in [5.41, 5.74) is 4.13. The first-order valence-corrected chi connectivity index (χ1v) is 8.03. The highest BCUT2D eigenvalue weighted by Gasteiger charge is 2.24. The van der Waals surface area contributed by atoms with Crippen molar-refractivity contribution in [2.24, 2.45) is 0 Å². The summed E-state index contributed by atoms with van der Waals surface area (Å²) < 4.78 is 24.6. The first kappa shape index (κ1) is 16.1. The van der Waals surface area contributed by atoms with E-state index in [0.29, 0.717) is 6.61 Å². The third-order valence-electron chi connectivity index (χ3n) is 4.58. The lowest BCUT2D eigenvalue weighted by Crippen LogP contribution is -2.23. The van der Waals surface area contributed by atoms with Gasteiger partial charge in [-0.25, -0.2) is 4.39 Å². The molecule has 2 aromatic rings. The molecule has 1 atom stereocenters. The van der Waals surface area contributed by atoms with Gasteiger partial charge in [0.2, 0.25) is 0 Å². The number of rotatable bonds is 5. The van der Waals surface area contributed by atoms with Gasteiger partial charge in [-0.3, -0.25) is 4.90 Å². The van der Waals surface area contributed by atoms with Gasteiger partial charge in [0.1, 0.15) is 11.6 Å². The lowest BCUT2D eigenvalue weighted by Gasteiger charge is -2.17. The van der Waals surface area contributed by atoms with Crippen LogP contribution < -0.4 is 0 Å². The SMILES string of the molecule is Cc1ccc(F)cc1CN1CC[C@H](OCc2c(C)noc2C)C1. The van der Waals surface area contributed by atoms with Crippen LogP contribution in [0, 0.1) is 26.6 Å². The van der Waals surface area contributed by atoms with Gasteiger partial charge in [-0.15, -0.1) is 0 Å². The Hall–Kier alpha value is -1.72. The van der Waals surface area contributed by atoms with Gasteiger partial charge >= 0.3 is 0 Å². The minimum absolute atomic E-state index is 0.170. The second kappa shape index (κ2) is 6.81. The molecule has 0 N–H and O–H groups in total. The summed E-state index contributed by atoms with van der Waals surface area (Å²) in [6.45, 7) is 9.03. The van der Waals surface area contributed by atoms with Crippen molar-refractivity contribution >= 4 is 0 Å². The number of nitrogens with zero attached hydrogens (tertiary/aromatic N) is 2. The Labute approximate surface area is 136 Å². The first-order valence-electron chi connectivity index (χ1n) is 8.03. The van der Waals surface area contributed by atoms with E-state index in [2.05, 4.69) is 10.1 Å². The van der Waals surface area contributed by atoms with E-state index in [1.165, 1.54) is 6.07 Å². The molecule has 1 aliphatic heterocycles. The zero-order chi connectivity index (χ0) is 16.4. The van der Waals surface area contributed by atoms with Crippen molar-refractivity contribution in [1.29, 1.82) is 0 Å². The summed E-state index contributed by atoms with van der Waals surface area (Å²) in [4.78, 5) is 2.32. The molecule has 1 aliphatic rings. The minimum Gasteiger partial charge on any atom is -0.372 e. The zero-order valence-corrected chi connectivity index (χ0v) is 13.9. The molecule has 5 heteroatoms. The van der Waals surface area contributed by atoms with E-state index in [0.717, 1.165) is 54.2 Å². The van der Waals surface area contributed by atoms with E-state index in [-0.39, 0.29) is 11.9 Å². The van der Waals surface area contributed by atoms with Gasteiger partial charge in [-0.2, -0.15) is 0 Å². The average molecular weight is 318 g/mol. The Morgan fingerprint density at radius 2 is 2.17 bits per heavy atom. The van der Waals surface area contributed by atoms with Gasteiger partial charge in [-0.1, -0.05) is 11.2 Å². The maximum Gasteiger partial charge on any atom is 0.139 e. The summed E-state index contributed by atoms with van der Waals surface area (Å²) in [5.74, 6) is 0.656. The second-order valence-electron chi connectivity index (χ2n) is 6.33. The van der Waals surface area contributed by atoms with Crippen molar-refractivity contribution in [3.05, 3.63) is 52.2 Å². The largest absolute Gasteiger partial charge is 0.372 e. The molecule has 124 valence electrons. The molecule has 0 spiro atoms. The Bertz CT molecular complexity index is 664. The fourth-order valence-electron chi connectivity index (χ4n) is 3.04. The van der Waals surface area contributed by atoms with E-state index in [1.807, 2.05) is 26.8 Å². The quantitative estimate of drug-likeness (QED) is 0.845. The van der Waals surface area contributed by atoms with Crippen LogP contribution in [-0.4, -0.2) is 29.3 Å². The van der Waals surface area contributed by atoms with Crippen LogP contribution in [-0.2, 0) is 17.9 Å². The molecule has 0 unspecified atom stereocenters. The highest BCUT2D eigenvalue weighted by Crippen LogP contribution is 2.21. The highest BCUT2D eigenvalue weighted by molar-refractivity contribution is 5.26. The van der Waals surface area contributed by atoms with Gasteiger partial charge in [0.15, 0.2) is 0 Å². The van der Waals surface area contributed by atoms with E-state index in [1.54, 1.807) is 6.07 Å². The maximum absolute atomic E-state index is 13.4. The van der Waals surface area contributed by atoms with E-state index >= 15 is 0 Å². The predicted molar refractivity (Wildman–Crippen MR) is 85.6 cm³/mol. The average Bonchev–Trinajstić information content (AvgIpc) is 3.08. The zero-order valence-electron chi connectivity index (χ0n) is 13.9. The van der Waals surface area contributed by atoms with Crippen molar-refractivity contribution < 1.29 is 13.7 Å². The number of likely N-dealkylation sites (tertiary alicyclic amines) is 1. The monoisotopic (exact) mass is 318 g/mol. The van der Waals surface area contributed by atoms with Gasteiger partial charge in [0.25, 0.3) is 0 Å². The molecule has 1 aromatic carbocycles. The molecule has 2 heterocycles. The Balaban J connectivity index is 1.53. The van der Waals surface area contributed by atoms with Crippen LogP contribution in [0.1, 0.15) is 34.6 Å². The molecule has 0 radical (unpaired) electrons. The predicted octanol–water partition coefficient (Wildman–Crippen LogP) is 3.53. The number of aromatic nitrogens is 1.